The molecule has 0 amide bonds. The van der Waals surface area contributed by atoms with Gasteiger partial charge in [0.1, 0.15) is 0 Å². The van der Waals surface area contributed by atoms with Gasteiger partial charge in [-0.3, -0.25) is 0 Å². The van der Waals surface area contributed by atoms with E-state index < -0.39 is 8.60 Å². The number of rotatable bonds is 3. The normalized spacial score (nSPS) is 10.0. The van der Waals surface area contributed by atoms with E-state index in [0.717, 1.165) is 0 Å². The zero-order valence-electron chi connectivity index (χ0n) is 5.03. The van der Waals surface area contributed by atoms with Crippen LogP contribution < -0.4 is 0 Å². The third-order valence-electron chi connectivity index (χ3n) is 0.523. The molecule has 0 unspecified atom stereocenters. The maximum atomic E-state index is 8.20. The van der Waals surface area contributed by atoms with Crippen molar-refractivity contribution in [1.29, 1.82) is 0 Å². The minimum absolute atomic E-state index is 0. The van der Waals surface area contributed by atoms with Gasteiger partial charge in [-0.25, -0.2) is 0 Å². The van der Waals surface area contributed by atoms with Gasteiger partial charge in [0, 0.05) is 0 Å². The first kappa shape index (κ1) is 13.2. The number of hydrogen-bond donors (Lipinski definition) is 2. The van der Waals surface area contributed by atoms with Gasteiger partial charge in [0.25, 0.3) is 0 Å². The molecule has 0 aromatic carbocycles. The SMILES string of the molecule is CC(C)COP(O)O.[CaH2]. The van der Waals surface area contributed by atoms with E-state index >= 15 is 0 Å². The summed E-state index contributed by atoms with van der Waals surface area (Å²) in [6.45, 7) is 4.30. The topological polar surface area (TPSA) is 49.7 Å². The van der Waals surface area contributed by atoms with Crippen LogP contribution in [0.15, 0.2) is 0 Å². The van der Waals surface area contributed by atoms with Crippen molar-refractivity contribution in [3.05, 3.63) is 0 Å². The standard InChI is InChI=1S/C4H11O3P.Ca.2H/c1-4(2)3-7-8(5)6;;;/h4-6H,3H2,1-2H3;;;. The average Bonchev–Trinajstić information content (AvgIpc) is 1.61. The Bertz CT molecular complexity index is 51.8. The fraction of sp³-hybridized carbons (Fsp3) is 1.00. The Morgan fingerprint density at radius 3 is 2.00 bits per heavy atom. The molecular formula is C4H13CaO3P. The molecule has 5 heteroatoms. The van der Waals surface area contributed by atoms with Gasteiger partial charge in [-0.1, -0.05) is 13.8 Å². The summed E-state index contributed by atoms with van der Waals surface area (Å²) in [5, 5.41) is 0. The monoisotopic (exact) mass is 180 g/mol. The van der Waals surface area contributed by atoms with E-state index in [-0.39, 0.29) is 37.7 Å². The van der Waals surface area contributed by atoms with Crippen LogP contribution in [0.4, 0.5) is 0 Å². The van der Waals surface area contributed by atoms with Crippen molar-refractivity contribution >= 4 is 46.3 Å². The van der Waals surface area contributed by atoms with Crippen molar-refractivity contribution in [3.63, 3.8) is 0 Å². The molecule has 0 heterocycles. The van der Waals surface area contributed by atoms with Gasteiger partial charge in [0.15, 0.2) is 0 Å². The van der Waals surface area contributed by atoms with Crippen LogP contribution in [-0.2, 0) is 4.52 Å². The van der Waals surface area contributed by atoms with Crippen molar-refractivity contribution in [2.24, 2.45) is 5.92 Å². The summed E-state index contributed by atoms with van der Waals surface area (Å²) in [6.07, 6.45) is 0. The summed E-state index contributed by atoms with van der Waals surface area (Å²) < 4.78 is 4.48. The van der Waals surface area contributed by atoms with Gasteiger partial charge in [0.2, 0.25) is 0 Å². The molecule has 0 aliphatic carbocycles. The summed E-state index contributed by atoms with van der Waals surface area (Å²) in [5.74, 6) is 0.360. The van der Waals surface area contributed by atoms with Gasteiger partial charge >= 0.3 is 46.3 Å². The van der Waals surface area contributed by atoms with E-state index in [2.05, 4.69) is 4.52 Å². The van der Waals surface area contributed by atoms with Crippen LogP contribution in [0, 0.1) is 5.92 Å². The zero-order valence-corrected chi connectivity index (χ0v) is 5.93. The first-order valence-corrected chi connectivity index (χ1v) is 3.60. The van der Waals surface area contributed by atoms with Crippen LogP contribution >= 0.6 is 8.60 Å². The van der Waals surface area contributed by atoms with E-state index in [1.54, 1.807) is 0 Å². The van der Waals surface area contributed by atoms with E-state index in [1.807, 2.05) is 13.8 Å². The third-order valence-corrected chi connectivity index (χ3v) is 0.903. The Morgan fingerprint density at radius 1 is 1.44 bits per heavy atom. The Balaban J connectivity index is 0. The van der Waals surface area contributed by atoms with Gasteiger partial charge in [-0.15, -0.1) is 0 Å². The third kappa shape index (κ3) is 12.7. The molecule has 9 heavy (non-hydrogen) atoms. The van der Waals surface area contributed by atoms with Crippen LogP contribution in [0.25, 0.3) is 0 Å². The summed E-state index contributed by atoms with van der Waals surface area (Å²) in [6, 6.07) is 0. The molecule has 0 saturated carbocycles. The molecule has 0 radical (unpaired) electrons. The molecule has 3 nitrogen and oxygen atoms in total. The Morgan fingerprint density at radius 2 is 1.89 bits per heavy atom. The first-order chi connectivity index (χ1) is 3.63. The molecule has 0 fully saturated rings. The second kappa shape index (κ2) is 7.67. The van der Waals surface area contributed by atoms with Crippen molar-refractivity contribution in [3.8, 4) is 0 Å². The summed E-state index contributed by atoms with van der Waals surface area (Å²) in [5.41, 5.74) is 0. The fourth-order valence-electron chi connectivity index (χ4n) is 0.216. The molecule has 0 spiro atoms. The van der Waals surface area contributed by atoms with Gasteiger partial charge < -0.3 is 14.3 Å². The molecule has 0 aromatic rings. The van der Waals surface area contributed by atoms with Crippen LogP contribution in [0.2, 0.25) is 0 Å². The molecule has 0 aromatic heterocycles. The van der Waals surface area contributed by atoms with E-state index in [0.29, 0.717) is 12.5 Å². The molecule has 0 atom stereocenters. The van der Waals surface area contributed by atoms with Crippen LogP contribution in [0.1, 0.15) is 13.8 Å². The average molecular weight is 180 g/mol. The maximum absolute atomic E-state index is 8.20. The molecule has 0 bridgehead atoms. The van der Waals surface area contributed by atoms with Crippen molar-refractivity contribution in [2.75, 3.05) is 6.61 Å². The van der Waals surface area contributed by atoms with E-state index in [1.165, 1.54) is 0 Å². The van der Waals surface area contributed by atoms with Crippen molar-refractivity contribution < 1.29 is 14.3 Å². The molecular weight excluding hydrogens is 167 g/mol. The Kier molecular flexibility index (Phi) is 11.2. The molecule has 0 aliphatic heterocycles. The van der Waals surface area contributed by atoms with Crippen molar-refractivity contribution in [2.45, 2.75) is 13.8 Å². The van der Waals surface area contributed by atoms with Gasteiger partial charge in [-0.2, -0.15) is 0 Å². The summed E-state index contributed by atoms with van der Waals surface area (Å²) in [4.78, 5) is 16.4. The molecule has 54 valence electrons. The first-order valence-electron chi connectivity index (χ1n) is 2.43. The molecule has 0 saturated heterocycles. The molecule has 0 rings (SSSR count). The second-order valence-electron chi connectivity index (χ2n) is 1.94. The van der Waals surface area contributed by atoms with Gasteiger partial charge in [0.05, 0.1) is 6.61 Å². The zero-order chi connectivity index (χ0) is 6.57. The Labute approximate surface area is 86.4 Å². The predicted molar refractivity (Wildman–Crippen MR) is 40.7 cm³/mol. The molecule has 0 aliphatic rings. The number of hydrogen-bond acceptors (Lipinski definition) is 3. The summed E-state index contributed by atoms with van der Waals surface area (Å²) >= 11 is 0. The van der Waals surface area contributed by atoms with Crippen molar-refractivity contribution in [1.82, 2.24) is 0 Å². The molecule has 2 N–H and O–H groups in total. The Hall–Kier alpha value is 1.57. The van der Waals surface area contributed by atoms with Crippen LogP contribution in [0.3, 0.4) is 0 Å². The summed E-state index contributed by atoms with van der Waals surface area (Å²) in [7, 11) is -2.13. The fourth-order valence-corrected chi connectivity index (χ4v) is 0.647. The quantitative estimate of drug-likeness (QED) is 0.473. The van der Waals surface area contributed by atoms with Crippen LogP contribution in [-0.4, -0.2) is 54.1 Å². The van der Waals surface area contributed by atoms with Gasteiger partial charge in [-0.05, 0) is 5.92 Å². The van der Waals surface area contributed by atoms with E-state index in [4.69, 9.17) is 9.79 Å². The van der Waals surface area contributed by atoms with Crippen LogP contribution in [0.5, 0.6) is 0 Å². The van der Waals surface area contributed by atoms with E-state index in [9.17, 15) is 0 Å². The minimum atomic E-state index is -2.13. The predicted octanol–water partition coefficient (Wildman–Crippen LogP) is -0.0457. The second-order valence-corrected chi connectivity index (χ2v) is 2.71.